The maximum Gasteiger partial charge on any atom is 0.327 e. The highest BCUT2D eigenvalue weighted by Crippen LogP contribution is 2.36. The monoisotopic (exact) mass is 763 g/mol. The summed E-state index contributed by atoms with van der Waals surface area (Å²) < 4.78 is 12.3. The van der Waals surface area contributed by atoms with E-state index in [2.05, 4.69) is 10.00 Å². The fraction of sp³-hybridized carbons (Fsp3) is 0.310. The minimum Gasteiger partial charge on any atom is -0.497 e. The van der Waals surface area contributed by atoms with Crippen molar-refractivity contribution in [2.45, 2.75) is 44.9 Å². The molecule has 0 unspecified atom stereocenters. The van der Waals surface area contributed by atoms with Crippen LogP contribution in [0.4, 0.5) is 16.4 Å². The van der Waals surface area contributed by atoms with Gasteiger partial charge in [0.25, 0.3) is 5.91 Å². The number of pyridine rings is 1. The Morgan fingerprint density at radius 3 is 2.04 bits per heavy atom. The molecule has 2 aromatic heterocycles. The number of amides is 4. The highest BCUT2D eigenvalue weighted by atomic mass is 35.5. The van der Waals surface area contributed by atoms with Gasteiger partial charge in [0.1, 0.15) is 23.4 Å². The predicted molar refractivity (Wildman–Crippen MR) is 212 cm³/mol. The van der Waals surface area contributed by atoms with Crippen molar-refractivity contribution in [1.29, 1.82) is 0 Å². The number of β-lactam (4-membered cyclic amide) rings is 1. The molecule has 286 valence electrons. The molecule has 3 aromatic carbocycles. The highest BCUT2D eigenvalue weighted by molar-refractivity contribution is 6.30. The van der Waals surface area contributed by atoms with Gasteiger partial charge in [0.2, 0.25) is 5.91 Å². The fourth-order valence-corrected chi connectivity index (χ4v) is 7.22. The molecule has 4 amide bonds. The van der Waals surface area contributed by atoms with Crippen molar-refractivity contribution < 1.29 is 23.9 Å². The van der Waals surface area contributed by atoms with Crippen LogP contribution in [-0.4, -0.2) is 76.8 Å². The van der Waals surface area contributed by atoms with Gasteiger partial charge in [-0.25, -0.2) is 9.78 Å². The van der Waals surface area contributed by atoms with Crippen LogP contribution in [-0.2, 0) is 36.1 Å². The van der Waals surface area contributed by atoms with Crippen LogP contribution in [0.1, 0.15) is 41.6 Å². The Morgan fingerprint density at radius 1 is 0.855 bits per heavy atom. The summed E-state index contributed by atoms with van der Waals surface area (Å²) in [7, 11) is 8.29. The van der Waals surface area contributed by atoms with Gasteiger partial charge >= 0.3 is 6.03 Å². The van der Waals surface area contributed by atoms with E-state index in [1.807, 2.05) is 85.8 Å². The Bertz CT molecular complexity index is 2070. The fourth-order valence-electron chi connectivity index (χ4n) is 7.02. The number of hydrogen-bond donors (Lipinski definition) is 0. The molecule has 0 N–H and O–H groups in total. The third-order valence-electron chi connectivity index (χ3n) is 10.1. The molecule has 13 heteroatoms. The van der Waals surface area contributed by atoms with Crippen molar-refractivity contribution in [3.8, 4) is 11.5 Å². The van der Waals surface area contributed by atoms with Crippen LogP contribution in [0.2, 0.25) is 5.02 Å². The maximum atomic E-state index is 14.3. The Hall–Kier alpha value is -5.88. The SMILES string of the molecule is CC[C@H](c1cccc(Cl)c1)N(C)C(=O)N1C(=O)[C@H](Cc2ccnc(N(Cc3ccc(OC)cc3)Cc3ccc(OC)cc3)c2)[C@H]1C(=O)N(C)c1ccn(C)n1. The summed E-state index contributed by atoms with van der Waals surface area (Å²) in [5.74, 6) is 1.02. The van der Waals surface area contributed by atoms with Gasteiger partial charge in [0.15, 0.2) is 5.82 Å². The van der Waals surface area contributed by atoms with E-state index in [1.54, 1.807) is 64.6 Å². The number of hydrogen-bond acceptors (Lipinski definition) is 8. The summed E-state index contributed by atoms with van der Waals surface area (Å²) in [5, 5.41) is 4.94. The van der Waals surface area contributed by atoms with Gasteiger partial charge in [-0.15, -0.1) is 0 Å². The van der Waals surface area contributed by atoms with E-state index in [9.17, 15) is 14.4 Å². The number of likely N-dealkylation sites (tertiary alicyclic amines) is 1. The summed E-state index contributed by atoms with van der Waals surface area (Å²) in [6.07, 6.45) is 4.24. The van der Waals surface area contributed by atoms with Gasteiger partial charge < -0.3 is 19.3 Å². The zero-order chi connectivity index (χ0) is 39.2. The number of urea groups is 1. The Balaban J connectivity index is 1.29. The Morgan fingerprint density at radius 2 is 1.49 bits per heavy atom. The van der Waals surface area contributed by atoms with Crippen LogP contribution in [0, 0.1) is 5.92 Å². The molecule has 1 saturated heterocycles. The molecule has 55 heavy (non-hydrogen) atoms. The van der Waals surface area contributed by atoms with Gasteiger partial charge in [-0.3, -0.25) is 24.1 Å². The molecule has 3 atom stereocenters. The van der Waals surface area contributed by atoms with Crippen LogP contribution in [0.25, 0.3) is 0 Å². The third-order valence-corrected chi connectivity index (χ3v) is 10.3. The smallest absolute Gasteiger partial charge is 0.327 e. The van der Waals surface area contributed by atoms with Crippen LogP contribution in [0.5, 0.6) is 11.5 Å². The molecule has 1 aliphatic rings. The van der Waals surface area contributed by atoms with Crippen LogP contribution in [0.15, 0.2) is 103 Å². The molecule has 0 radical (unpaired) electrons. The largest absolute Gasteiger partial charge is 0.497 e. The first-order valence-electron chi connectivity index (χ1n) is 18.1. The number of methoxy groups -OCH3 is 2. The van der Waals surface area contributed by atoms with Crippen molar-refractivity contribution in [1.82, 2.24) is 24.6 Å². The normalized spacial score (nSPS) is 15.5. The van der Waals surface area contributed by atoms with Crippen molar-refractivity contribution in [2.24, 2.45) is 13.0 Å². The lowest BCUT2D eigenvalue weighted by Crippen LogP contribution is -2.70. The number of carbonyl (C=O) groups is 3. The van der Waals surface area contributed by atoms with E-state index in [0.29, 0.717) is 36.2 Å². The minimum absolute atomic E-state index is 0.221. The first-order valence-corrected chi connectivity index (χ1v) is 18.5. The van der Waals surface area contributed by atoms with Gasteiger partial charge in [0, 0.05) is 57.7 Å². The van der Waals surface area contributed by atoms with Gasteiger partial charge in [-0.1, -0.05) is 54.9 Å². The molecule has 0 aliphatic carbocycles. The van der Waals surface area contributed by atoms with E-state index in [4.69, 9.17) is 26.1 Å². The highest BCUT2D eigenvalue weighted by Gasteiger charge is 2.56. The number of aryl methyl sites for hydroxylation is 1. The minimum atomic E-state index is -1.06. The molecule has 0 bridgehead atoms. The van der Waals surface area contributed by atoms with E-state index < -0.39 is 29.8 Å². The van der Waals surface area contributed by atoms with Crippen molar-refractivity contribution in [3.05, 3.63) is 131 Å². The van der Waals surface area contributed by atoms with Crippen LogP contribution < -0.4 is 19.3 Å². The summed E-state index contributed by atoms with van der Waals surface area (Å²) in [6.45, 7) is 3.05. The molecule has 3 heterocycles. The first kappa shape index (κ1) is 38.8. The summed E-state index contributed by atoms with van der Waals surface area (Å²) >= 11 is 6.30. The summed E-state index contributed by atoms with van der Waals surface area (Å²) in [5.41, 5.74) is 3.75. The van der Waals surface area contributed by atoms with E-state index >= 15 is 0 Å². The second-order valence-electron chi connectivity index (χ2n) is 13.7. The zero-order valence-corrected chi connectivity index (χ0v) is 32.7. The number of ether oxygens (including phenoxy) is 2. The van der Waals surface area contributed by atoms with Gasteiger partial charge in [-0.05, 0) is 83.6 Å². The van der Waals surface area contributed by atoms with E-state index in [-0.39, 0.29) is 12.5 Å². The van der Waals surface area contributed by atoms with Gasteiger partial charge in [0.05, 0.1) is 26.2 Å². The average molecular weight is 764 g/mol. The molecule has 1 aliphatic heterocycles. The lowest BCUT2D eigenvalue weighted by atomic mass is 9.81. The number of anilines is 2. The summed E-state index contributed by atoms with van der Waals surface area (Å²) in [4.78, 5) is 53.6. The number of imide groups is 1. The number of halogens is 1. The number of likely N-dealkylation sites (N-methyl/N-ethyl adjacent to an activating group) is 1. The quantitative estimate of drug-likeness (QED) is 0.112. The standard InChI is InChI=1S/C42H46ClN7O5/c1-7-36(31-9-8-10-32(43)25-31)47(3)42(53)50-39(41(52)48(4)37-20-22-46(2)45-37)35(40(50)51)23-30-19-21-44-38(24-30)49(26-28-11-15-33(54-5)16-12-28)27-29-13-17-34(55-6)18-14-29/h8-22,24-25,35-36,39H,7,23,26-27H2,1-6H3/t35-,36-,39+/m1/s1. The molecule has 1 fully saturated rings. The van der Waals surface area contributed by atoms with Crippen molar-refractivity contribution in [3.63, 3.8) is 0 Å². The maximum absolute atomic E-state index is 14.3. The van der Waals surface area contributed by atoms with Crippen molar-refractivity contribution in [2.75, 3.05) is 38.1 Å². The molecule has 0 spiro atoms. The van der Waals surface area contributed by atoms with E-state index in [1.165, 1.54) is 9.80 Å². The first-order chi connectivity index (χ1) is 26.5. The third kappa shape index (κ3) is 8.60. The number of aromatic nitrogens is 3. The topological polar surface area (TPSA) is 113 Å². The second kappa shape index (κ2) is 17.1. The van der Waals surface area contributed by atoms with Crippen molar-refractivity contribution >= 4 is 41.1 Å². The predicted octanol–water partition coefficient (Wildman–Crippen LogP) is 6.93. The average Bonchev–Trinajstić information content (AvgIpc) is 3.64. The lowest BCUT2D eigenvalue weighted by Gasteiger charge is -2.47. The number of rotatable bonds is 14. The second-order valence-corrected chi connectivity index (χ2v) is 14.1. The van der Waals surface area contributed by atoms with E-state index in [0.717, 1.165) is 38.7 Å². The van der Waals surface area contributed by atoms with Crippen LogP contribution in [0.3, 0.4) is 0 Å². The lowest BCUT2D eigenvalue weighted by molar-refractivity contribution is -0.157. The number of carbonyl (C=O) groups excluding carboxylic acids is 3. The zero-order valence-electron chi connectivity index (χ0n) is 31.9. The summed E-state index contributed by atoms with van der Waals surface area (Å²) in [6, 6.07) is 26.6. The molecule has 6 rings (SSSR count). The van der Waals surface area contributed by atoms with Crippen LogP contribution >= 0.6 is 11.6 Å². The van der Waals surface area contributed by atoms with Gasteiger partial charge in [-0.2, -0.15) is 5.10 Å². The Labute approximate surface area is 326 Å². The number of benzene rings is 3. The molecule has 12 nitrogen and oxygen atoms in total. The molecule has 5 aromatic rings. The molecular formula is C42H46ClN7O5. The Kier molecular flexibility index (Phi) is 12.1. The molecule has 0 saturated carbocycles. The molecular weight excluding hydrogens is 718 g/mol. The number of nitrogens with zero attached hydrogens (tertiary/aromatic N) is 7.